The third kappa shape index (κ3) is 9.14. The van der Waals surface area contributed by atoms with Crippen LogP contribution in [0.2, 0.25) is 0 Å². The van der Waals surface area contributed by atoms with Crippen LogP contribution in [0.3, 0.4) is 0 Å². The molecule has 0 saturated carbocycles. The van der Waals surface area contributed by atoms with Crippen molar-refractivity contribution in [3.63, 3.8) is 0 Å². The first-order valence-corrected chi connectivity index (χ1v) is 9.13. The second kappa shape index (κ2) is 9.13. The lowest BCUT2D eigenvalue weighted by Crippen LogP contribution is -2.20. The zero-order valence-electron chi connectivity index (χ0n) is 10.8. The molecular formula is C12H23ClO4S. The highest BCUT2D eigenvalue weighted by molar-refractivity contribution is 8.13. The first kappa shape index (κ1) is 16.2. The molecule has 0 spiro atoms. The van der Waals surface area contributed by atoms with Crippen molar-refractivity contribution in [1.82, 2.24) is 0 Å². The molecule has 0 aromatic heterocycles. The molecule has 4 nitrogen and oxygen atoms in total. The van der Waals surface area contributed by atoms with E-state index in [2.05, 4.69) is 0 Å². The molecule has 1 saturated heterocycles. The molecule has 6 heteroatoms. The lowest BCUT2D eigenvalue weighted by molar-refractivity contribution is 0.0198. The summed E-state index contributed by atoms with van der Waals surface area (Å²) in [4.78, 5) is 0. The number of rotatable bonds is 9. The first-order chi connectivity index (χ1) is 8.58. The molecule has 1 heterocycles. The van der Waals surface area contributed by atoms with Gasteiger partial charge in [-0.25, -0.2) is 8.42 Å². The van der Waals surface area contributed by atoms with Crippen LogP contribution < -0.4 is 0 Å². The average molecular weight is 299 g/mol. The summed E-state index contributed by atoms with van der Waals surface area (Å²) >= 11 is 0. The fourth-order valence-electron chi connectivity index (χ4n) is 2.00. The Kier molecular flexibility index (Phi) is 8.22. The fourth-order valence-corrected chi connectivity index (χ4v) is 2.87. The Balaban J connectivity index is 1.83. The predicted molar refractivity (Wildman–Crippen MR) is 72.5 cm³/mol. The Labute approximate surface area is 114 Å². The minimum atomic E-state index is -3.31. The summed E-state index contributed by atoms with van der Waals surface area (Å²) in [6.45, 7) is 3.33. The molecular weight excluding hydrogens is 276 g/mol. The second-order valence-corrected chi connectivity index (χ2v) is 7.68. The summed E-state index contributed by atoms with van der Waals surface area (Å²) in [7, 11) is 1.81. The van der Waals surface area contributed by atoms with Gasteiger partial charge in [-0.1, -0.05) is 12.8 Å². The molecule has 0 atom stereocenters. The van der Waals surface area contributed by atoms with Crippen LogP contribution in [0.5, 0.6) is 0 Å². The van der Waals surface area contributed by atoms with Gasteiger partial charge in [0.15, 0.2) is 0 Å². The zero-order valence-corrected chi connectivity index (χ0v) is 12.3. The van der Waals surface area contributed by atoms with E-state index < -0.39 is 9.05 Å². The molecule has 0 aromatic rings. The Morgan fingerprint density at radius 3 is 2.44 bits per heavy atom. The number of hydrogen-bond acceptors (Lipinski definition) is 4. The van der Waals surface area contributed by atoms with Crippen LogP contribution in [0.4, 0.5) is 0 Å². The van der Waals surface area contributed by atoms with Gasteiger partial charge in [-0.05, 0) is 31.6 Å². The van der Waals surface area contributed by atoms with Gasteiger partial charge in [0.25, 0.3) is 0 Å². The van der Waals surface area contributed by atoms with E-state index in [1.54, 1.807) is 0 Å². The van der Waals surface area contributed by atoms with Crippen LogP contribution in [0, 0.1) is 5.92 Å². The van der Waals surface area contributed by atoms with Crippen molar-refractivity contribution in [2.75, 3.05) is 32.2 Å². The Bertz CT molecular complexity index is 299. The van der Waals surface area contributed by atoms with Gasteiger partial charge < -0.3 is 9.47 Å². The summed E-state index contributed by atoms with van der Waals surface area (Å²) in [5, 5.41) is 0. The molecule has 1 fully saturated rings. The maximum absolute atomic E-state index is 10.7. The van der Waals surface area contributed by atoms with Crippen molar-refractivity contribution in [2.45, 2.75) is 38.5 Å². The smallest absolute Gasteiger partial charge is 0.232 e. The van der Waals surface area contributed by atoms with Gasteiger partial charge in [-0.3, -0.25) is 0 Å². The van der Waals surface area contributed by atoms with Gasteiger partial charge >= 0.3 is 0 Å². The minimum absolute atomic E-state index is 0.0808. The van der Waals surface area contributed by atoms with Crippen molar-refractivity contribution in [2.24, 2.45) is 5.92 Å². The molecule has 0 N–H and O–H groups in total. The molecule has 0 unspecified atom stereocenters. The van der Waals surface area contributed by atoms with Crippen LogP contribution >= 0.6 is 10.7 Å². The maximum Gasteiger partial charge on any atom is 0.232 e. The Morgan fingerprint density at radius 2 is 1.78 bits per heavy atom. The van der Waals surface area contributed by atoms with Gasteiger partial charge in [0, 0.05) is 37.1 Å². The van der Waals surface area contributed by atoms with Gasteiger partial charge in [0.2, 0.25) is 9.05 Å². The minimum Gasteiger partial charge on any atom is -0.381 e. The lowest BCUT2D eigenvalue weighted by atomic mass is 10.0. The van der Waals surface area contributed by atoms with E-state index in [9.17, 15) is 8.42 Å². The van der Waals surface area contributed by atoms with Crippen molar-refractivity contribution in [1.29, 1.82) is 0 Å². The van der Waals surface area contributed by atoms with Gasteiger partial charge in [0.1, 0.15) is 0 Å². The van der Waals surface area contributed by atoms with Crippen LogP contribution in [-0.4, -0.2) is 40.6 Å². The molecule has 0 radical (unpaired) electrons. The summed E-state index contributed by atoms with van der Waals surface area (Å²) in [6, 6.07) is 0. The van der Waals surface area contributed by atoms with E-state index in [1.807, 2.05) is 0 Å². The highest BCUT2D eigenvalue weighted by Gasteiger charge is 2.13. The Hall–Kier alpha value is 0.160. The van der Waals surface area contributed by atoms with E-state index in [0.717, 1.165) is 58.5 Å². The zero-order chi connectivity index (χ0) is 13.3. The third-order valence-corrected chi connectivity index (χ3v) is 4.36. The van der Waals surface area contributed by atoms with Gasteiger partial charge in [0.05, 0.1) is 5.75 Å². The van der Waals surface area contributed by atoms with E-state index >= 15 is 0 Å². The first-order valence-electron chi connectivity index (χ1n) is 6.66. The monoisotopic (exact) mass is 298 g/mol. The van der Waals surface area contributed by atoms with E-state index in [1.165, 1.54) is 0 Å². The van der Waals surface area contributed by atoms with E-state index in [-0.39, 0.29) is 5.75 Å². The van der Waals surface area contributed by atoms with Crippen molar-refractivity contribution >= 4 is 19.7 Å². The molecule has 18 heavy (non-hydrogen) atoms. The van der Waals surface area contributed by atoms with Crippen LogP contribution in [0.15, 0.2) is 0 Å². The quantitative estimate of drug-likeness (QED) is 0.485. The average Bonchev–Trinajstić information content (AvgIpc) is 2.32. The Morgan fingerprint density at radius 1 is 1.11 bits per heavy atom. The normalized spacial score (nSPS) is 18.1. The van der Waals surface area contributed by atoms with Crippen molar-refractivity contribution in [3.8, 4) is 0 Å². The number of ether oxygens (including phenoxy) is 2. The standard InChI is InChI=1S/C12H23ClO4S/c13-18(14,15)10-4-2-1-3-7-17-11-12-5-8-16-9-6-12/h12H,1-11H2. The van der Waals surface area contributed by atoms with Crippen LogP contribution in [0.1, 0.15) is 38.5 Å². The predicted octanol–water partition coefficient (Wildman–Crippen LogP) is 2.56. The fraction of sp³-hybridized carbons (Fsp3) is 1.00. The largest absolute Gasteiger partial charge is 0.381 e. The number of halogens is 1. The number of hydrogen-bond donors (Lipinski definition) is 0. The van der Waals surface area contributed by atoms with Gasteiger partial charge in [-0.15, -0.1) is 0 Å². The summed E-state index contributed by atoms with van der Waals surface area (Å²) in [5.41, 5.74) is 0. The summed E-state index contributed by atoms with van der Waals surface area (Å²) < 4.78 is 32.2. The molecule has 1 aliphatic rings. The molecule has 0 amide bonds. The molecule has 0 aliphatic carbocycles. The van der Waals surface area contributed by atoms with Gasteiger partial charge in [-0.2, -0.15) is 0 Å². The van der Waals surface area contributed by atoms with Crippen LogP contribution in [-0.2, 0) is 18.5 Å². The highest BCUT2D eigenvalue weighted by atomic mass is 35.7. The second-order valence-electron chi connectivity index (χ2n) is 4.79. The molecule has 0 bridgehead atoms. The molecule has 1 rings (SSSR count). The molecule has 1 aliphatic heterocycles. The topological polar surface area (TPSA) is 52.6 Å². The van der Waals surface area contributed by atoms with Crippen molar-refractivity contribution < 1.29 is 17.9 Å². The maximum atomic E-state index is 10.7. The van der Waals surface area contributed by atoms with E-state index in [4.69, 9.17) is 20.2 Å². The van der Waals surface area contributed by atoms with E-state index in [0.29, 0.717) is 12.3 Å². The SMILES string of the molecule is O=S(=O)(Cl)CCCCCCOCC1CCOCC1. The molecule has 108 valence electrons. The third-order valence-electron chi connectivity index (χ3n) is 3.12. The van der Waals surface area contributed by atoms with Crippen LogP contribution in [0.25, 0.3) is 0 Å². The lowest BCUT2D eigenvalue weighted by Gasteiger charge is -2.21. The molecule has 0 aromatic carbocycles. The summed E-state index contributed by atoms with van der Waals surface area (Å²) in [6.07, 6.45) is 5.74. The highest BCUT2D eigenvalue weighted by Crippen LogP contribution is 2.15. The summed E-state index contributed by atoms with van der Waals surface area (Å²) in [5.74, 6) is 0.734. The number of unbranched alkanes of at least 4 members (excludes halogenated alkanes) is 3. The van der Waals surface area contributed by atoms with Crippen molar-refractivity contribution in [3.05, 3.63) is 0 Å².